The summed E-state index contributed by atoms with van der Waals surface area (Å²) in [5, 5.41) is 16.6. The molecule has 0 spiro atoms. The third-order valence-corrected chi connectivity index (χ3v) is 2.38. The highest BCUT2D eigenvalue weighted by Gasteiger charge is 2.06. The van der Waals surface area contributed by atoms with Crippen LogP contribution in [0.3, 0.4) is 0 Å². The van der Waals surface area contributed by atoms with E-state index >= 15 is 0 Å². The third kappa shape index (κ3) is 3.66. The van der Waals surface area contributed by atoms with Crippen molar-refractivity contribution in [3.63, 3.8) is 0 Å². The van der Waals surface area contributed by atoms with E-state index in [-0.39, 0.29) is 6.61 Å². The molecule has 1 heterocycles. The van der Waals surface area contributed by atoms with Crippen LogP contribution in [0.15, 0.2) is 36.4 Å². The average Bonchev–Trinajstić information content (AvgIpc) is 2.47. The summed E-state index contributed by atoms with van der Waals surface area (Å²) in [5.74, 6) is 1.64. The van der Waals surface area contributed by atoms with E-state index in [0.717, 1.165) is 6.42 Å². The summed E-state index contributed by atoms with van der Waals surface area (Å²) in [6.45, 7) is 2.54. The Morgan fingerprint density at radius 2 is 1.84 bits per heavy atom. The molecule has 0 bridgehead atoms. The first kappa shape index (κ1) is 13.3. The maximum absolute atomic E-state index is 8.90. The summed E-state index contributed by atoms with van der Waals surface area (Å²) >= 11 is 0. The van der Waals surface area contributed by atoms with E-state index in [1.807, 2.05) is 31.2 Å². The first-order valence-corrected chi connectivity index (χ1v) is 6.16. The van der Waals surface area contributed by atoms with Gasteiger partial charge in [0.1, 0.15) is 0 Å². The van der Waals surface area contributed by atoms with Crippen LogP contribution in [0.5, 0.6) is 17.4 Å². The van der Waals surface area contributed by atoms with Crippen molar-refractivity contribution in [1.82, 2.24) is 10.2 Å². The van der Waals surface area contributed by atoms with E-state index in [1.54, 1.807) is 12.1 Å². The van der Waals surface area contributed by atoms with Gasteiger partial charge >= 0.3 is 0 Å². The topological polar surface area (TPSA) is 64.5 Å². The molecule has 0 unspecified atom stereocenters. The standard InChI is InChI=1S/C14H16N2O3/c1-2-9-18-12-5-3-4-6-13(12)19-14-8-7-11(10-17)15-16-14/h3-8,17H,2,9-10H2,1H3. The van der Waals surface area contributed by atoms with Crippen LogP contribution in [0.4, 0.5) is 0 Å². The van der Waals surface area contributed by atoms with Crippen molar-refractivity contribution in [3.8, 4) is 17.4 Å². The van der Waals surface area contributed by atoms with Gasteiger partial charge in [-0.3, -0.25) is 0 Å². The molecule has 19 heavy (non-hydrogen) atoms. The molecular weight excluding hydrogens is 244 g/mol. The summed E-state index contributed by atoms with van der Waals surface area (Å²) < 4.78 is 11.2. The average molecular weight is 260 g/mol. The Bertz CT molecular complexity index is 514. The fourth-order valence-corrected chi connectivity index (χ4v) is 1.46. The Kier molecular flexibility index (Phi) is 4.69. The predicted octanol–water partition coefficient (Wildman–Crippen LogP) is 2.55. The minimum absolute atomic E-state index is 0.135. The SMILES string of the molecule is CCCOc1ccccc1Oc1ccc(CO)nn1. The smallest absolute Gasteiger partial charge is 0.239 e. The molecule has 0 radical (unpaired) electrons. The lowest BCUT2D eigenvalue weighted by Gasteiger charge is -2.10. The lowest BCUT2D eigenvalue weighted by Crippen LogP contribution is -1.99. The summed E-state index contributed by atoms with van der Waals surface area (Å²) in [6, 6.07) is 10.7. The van der Waals surface area contributed by atoms with Gasteiger partial charge in [0.25, 0.3) is 0 Å². The van der Waals surface area contributed by atoms with Crippen LogP contribution in [0.2, 0.25) is 0 Å². The molecule has 5 heteroatoms. The lowest BCUT2D eigenvalue weighted by molar-refractivity contribution is 0.274. The van der Waals surface area contributed by atoms with Crippen LogP contribution in [-0.4, -0.2) is 21.9 Å². The highest BCUT2D eigenvalue weighted by Crippen LogP contribution is 2.30. The molecule has 0 saturated carbocycles. The van der Waals surface area contributed by atoms with E-state index < -0.39 is 0 Å². The Morgan fingerprint density at radius 1 is 1.05 bits per heavy atom. The highest BCUT2D eigenvalue weighted by atomic mass is 16.5. The van der Waals surface area contributed by atoms with Crippen molar-refractivity contribution >= 4 is 0 Å². The van der Waals surface area contributed by atoms with E-state index in [2.05, 4.69) is 10.2 Å². The molecule has 2 rings (SSSR count). The molecule has 0 aliphatic rings. The number of benzene rings is 1. The lowest BCUT2D eigenvalue weighted by atomic mass is 10.3. The Morgan fingerprint density at radius 3 is 2.47 bits per heavy atom. The largest absolute Gasteiger partial charge is 0.490 e. The van der Waals surface area contributed by atoms with Crippen molar-refractivity contribution in [2.45, 2.75) is 20.0 Å². The maximum atomic E-state index is 8.90. The van der Waals surface area contributed by atoms with Crippen LogP contribution in [0.1, 0.15) is 19.0 Å². The molecule has 1 aromatic carbocycles. The summed E-state index contributed by atoms with van der Waals surface area (Å²) in [6.07, 6.45) is 0.930. The van der Waals surface area contributed by atoms with Crippen LogP contribution < -0.4 is 9.47 Å². The number of nitrogens with zero attached hydrogens (tertiary/aromatic N) is 2. The Labute approximate surface area is 111 Å². The van der Waals surface area contributed by atoms with Crippen LogP contribution in [0, 0.1) is 0 Å². The number of aromatic nitrogens is 2. The van der Waals surface area contributed by atoms with Crippen LogP contribution in [0.25, 0.3) is 0 Å². The van der Waals surface area contributed by atoms with E-state index in [9.17, 15) is 0 Å². The van der Waals surface area contributed by atoms with E-state index in [0.29, 0.717) is 29.7 Å². The second kappa shape index (κ2) is 6.70. The highest BCUT2D eigenvalue weighted by molar-refractivity contribution is 5.41. The fraction of sp³-hybridized carbons (Fsp3) is 0.286. The van der Waals surface area contributed by atoms with Crippen LogP contribution >= 0.6 is 0 Å². The zero-order chi connectivity index (χ0) is 13.5. The molecule has 0 aliphatic carbocycles. The molecule has 0 saturated heterocycles. The van der Waals surface area contributed by atoms with Gasteiger partial charge in [-0.25, -0.2) is 0 Å². The molecule has 5 nitrogen and oxygen atoms in total. The minimum Gasteiger partial charge on any atom is -0.490 e. The summed E-state index contributed by atoms with van der Waals surface area (Å²) in [4.78, 5) is 0. The third-order valence-electron chi connectivity index (χ3n) is 2.38. The number of aliphatic hydroxyl groups is 1. The molecule has 0 atom stereocenters. The number of hydrogen-bond acceptors (Lipinski definition) is 5. The molecule has 0 fully saturated rings. The van der Waals surface area contributed by atoms with Crippen LogP contribution in [-0.2, 0) is 6.61 Å². The Balaban J connectivity index is 2.12. The van der Waals surface area contributed by atoms with Gasteiger partial charge in [0.2, 0.25) is 5.88 Å². The number of ether oxygens (including phenoxy) is 2. The van der Waals surface area contributed by atoms with E-state index in [4.69, 9.17) is 14.6 Å². The monoisotopic (exact) mass is 260 g/mol. The second-order valence-electron chi connectivity index (χ2n) is 3.92. The fourth-order valence-electron chi connectivity index (χ4n) is 1.46. The molecule has 1 aromatic heterocycles. The number of hydrogen-bond donors (Lipinski definition) is 1. The first-order chi connectivity index (χ1) is 9.33. The van der Waals surface area contributed by atoms with Gasteiger partial charge in [-0.1, -0.05) is 19.1 Å². The van der Waals surface area contributed by atoms with Gasteiger partial charge in [-0.2, -0.15) is 0 Å². The predicted molar refractivity (Wildman–Crippen MR) is 70.3 cm³/mol. The first-order valence-electron chi connectivity index (χ1n) is 6.16. The van der Waals surface area contributed by atoms with Crippen molar-refractivity contribution in [1.29, 1.82) is 0 Å². The van der Waals surface area contributed by atoms with Crippen molar-refractivity contribution in [3.05, 3.63) is 42.1 Å². The molecule has 1 N–H and O–H groups in total. The second-order valence-corrected chi connectivity index (χ2v) is 3.92. The summed E-state index contributed by atoms with van der Waals surface area (Å²) in [5.41, 5.74) is 0.503. The van der Waals surface area contributed by atoms with Crippen molar-refractivity contribution in [2.24, 2.45) is 0 Å². The number of para-hydroxylation sites is 2. The van der Waals surface area contributed by atoms with Crippen molar-refractivity contribution < 1.29 is 14.6 Å². The number of aliphatic hydroxyl groups excluding tert-OH is 1. The van der Waals surface area contributed by atoms with Gasteiger partial charge < -0.3 is 14.6 Å². The van der Waals surface area contributed by atoms with Gasteiger partial charge in [0.15, 0.2) is 11.5 Å². The quantitative estimate of drug-likeness (QED) is 0.864. The minimum atomic E-state index is -0.135. The van der Waals surface area contributed by atoms with Gasteiger partial charge in [-0.15, -0.1) is 10.2 Å². The zero-order valence-electron chi connectivity index (χ0n) is 10.7. The van der Waals surface area contributed by atoms with Gasteiger partial charge in [-0.05, 0) is 24.6 Å². The zero-order valence-corrected chi connectivity index (χ0v) is 10.7. The molecule has 0 amide bonds. The molecule has 2 aromatic rings. The van der Waals surface area contributed by atoms with E-state index in [1.165, 1.54) is 0 Å². The molecule has 100 valence electrons. The Hall–Kier alpha value is -2.14. The molecule has 0 aliphatic heterocycles. The molecular formula is C14H16N2O3. The van der Waals surface area contributed by atoms with Gasteiger partial charge in [0.05, 0.1) is 18.9 Å². The van der Waals surface area contributed by atoms with Crippen molar-refractivity contribution in [2.75, 3.05) is 6.61 Å². The maximum Gasteiger partial charge on any atom is 0.239 e. The van der Waals surface area contributed by atoms with Gasteiger partial charge in [0, 0.05) is 6.07 Å². The normalized spacial score (nSPS) is 10.2. The number of rotatable bonds is 6. The summed E-state index contributed by atoms with van der Waals surface area (Å²) in [7, 11) is 0.